The number of fused-ring (bicyclic) bond motifs is 1. The van der Waals surface area contributed by atoms with Gasteiger partial charge in [-0.2, -0.15) is 19.6 Å². The van der Waals surface area contributed by atoms with Crippen molar-refractivity contribution in [1.29, 1.82) is 0 Å². The third kappa shape index (κ3) is 4.94. The summed E-state index contributed by atoms with van der Waals surface area (Å²) in [5.41, 5.74) is 2.77. The highest BCUT2D eigenvalue weighted by Crippen LogP contribution is 2.26. The topological polar surface area (TPSA) is 98.5 Å². The molecule has 3 aromatic heterocycles. The summed E-state index contributed by atoms with van der Waals surface area (Å²) in [6.07, 6.45) is 5.68. The summed E-state index contributed by atoms with van der Waals surface area (Å²) >= 11 is 0. The van der Waals surface area contributed by atoms with E-state index >= 15 is 0 Å². The molecule has 1 saturated heterocycles. The van der Waals surface area contributed by atoms with Crippen LogP contribution >= 0.6 is 0 Å². The zero-order valence-corrected chi connectivity index (χ0v) is 19.4. The number of hydrogen-bond donors (Lipinski definition) is 2. The van der Waals surface area contributed by atoms with Crippen LogP contribution in [0.5, 0.6) is 17.6 Å². The number of hydrogen-bond acceptors (Lipinski definition) is 8. The van der Waals surface area contributed by atoms with Gasteiger partial charge in [-0.05, 0) is 37.4 Å². The Hall–Kier alpha value is -3.72. The molecule has 4 aromatic rings. The third-order valence-electron chi connectivity index (χ3n) is 5.78. The highest BCUT2D eigenvalue weighted by Gasteiger charge is 2.20. The summed E-state index contributed by atoms with van der Waals surface area (Å²) in [6.45, 7) is 6.56. The molecule has 176 valence electrons. The molecule has 0 saturated carbocycles. The average Bonchev–Trinajstić information content (AvgIpc) is 3.29. The molecule has 5 rings (SSSR count). The first-order valence-electron chi connectivity index (χ1n) is 11.7. The Labute approximate surface area is 198 Å². The smallest absolute Gasteiger partial charge is 0.322 e. The molecule has 1 fully saturated rings. The average molecular weight is 460 g/mol. The Kier molecular flexibility index (Phi) is 6.53. The lowest BCUT2D eigenvalue weighted by atomic mass is 10.1. The molecule has 1 aliphatic heterocycles. The van der Waals surface area contributed by atoms with Gasteiger partial charge in [0.2, 0.25) is 11.8 Å². The van der Waals surface area contributed by atoms with Crippen molar-refractivity contribution in [1.82, 2.24) is 29.9 Å². The predicted octanol–water partition coefficient (Wildman–Crippen LogP) is 4.18. The Balaban J connectivity index is 1.42. The fourth-order valence-corrected chi connectivity index (χ4v) is 3.96. The molecular formula is C25H29N7O2. The van der Waals surface area contributed by atoms with E-state index in [9.17, 15) is 0 Å². The minimum atomic E-state index is 0.0574. The summed E-state index contributed by atoms with van der Waals surface area (Å²) in [5, 5.41) is 11.3. The van der Waals surface area contributed by atoms with E-state index in [0.29, 0.717) is 24.4 Å². The highest BCUT2D eigenvalue weighted by molar-refractivity contribution is 5.53. The van der Waals surface area contributed by atoms with Crippen LogP contribution in [0.25, 0.3) is 5.65 Å². The number of nitrogens with one attached hydrogen (secondary N) is 2. The first-order valence-corrected chi connectivity index (χ1v) is 11.7. The lowest BCUT2D eigenvalue weighted by Gasteiger charge is -2.23. The zero-order valence-electron chi connectivity index (χ0n) is 19.4. The van der Waals surface area contributed by atoms with Crippen molar-refractivity contribution in [2.45, 2.75) is 45.3 Å². The maximum Gasteiger partial charge on any atom is 0.322 e. The number of piperidine rings is 1. The molecule has 9 heteroatoms. The number of para-hydroxylation sites is 1. The first kappa shape index (κ1) is 22.1. The van der Waals surface area contributed by atoms with Crippen molar-refractivity contribution >= 4 is 11.6 Å². The van der Waals surface area contributed by atoms with Crippen LogP contribution in [0.1, 0.15) is 43.7 Å². The van der Waals surface area contributed by atoms with Gasteiger partial charge >= 0.3 is 6.01 Å². The monoisotopic (exact) mass is 459 g/mol. The molecule has 0 radical (unpaired) electrons. The second-order valence-corrected chi connectivity index (χ2v) is 8.64. The van der Waals surface area contributed by atoms with E-state index in [1.807, 2.05) is 48.7 Å². The Morgan fingerprint density at radius 3 is 2.82 bits per heavy atom. The SMILES string of the molecule is CC(C)c1cnn2c(NCc3ccccc3Oc3ccccn3)nc(OC3CCCNC3)nc12. The molecule has 1 atom stereocenters. The van der Waals surface area contributed by atoms with Gasteiger partial charge in [0, 0.05) is 36.5 Å². The number of aromatic nitrogens is 5. The molecule has 34 heavy (non-hydrogen) atoms. The standard InChI is InChI=1S/C25H29N7O2/c1-17(2)20-16-29-32-23(20)30-25(33-19-9-7-12-26-15-19)31-24(32)28-14-18-8-3-4-10-21(18)34-22-11-5-6-13-27-22/h3-6,8,10-11,13,16-17,19,26H,7,9,12,14-15H2,1-2H3,(H,28,30,31). The van der Waals surface area contributed by atoms with Gasteiger partial charge < -0.3 is 20.1 Å². The van der Waals surface area contributed by atoms with Gasteiger partial charge in [-0.3, -0.25) is 0 Å². The van der Waals surface area contributed by atoms with Crippen LogP contribution in [-0.2, 0) is 6.54 Å². The maximum atomic E-state index is 6.16. The van der Waals surface area contributed by atoms with Crippen molar-refractivity contribution in [3.05, 3.63) is 66.0 Å². The van der Waals surface area contributed by atoms with E-state index in [2.05, 4.69) is 39.5 Å². The van der Waals surface area contributed by atoms with E-state index in [1.165, 1.54) is 0 Å². The highest BCUT2D eigenvalue weighted by atomic mass is 16.5. The zero-order chi connectivity index (χ0) is 23.3. The number of rotatable bonds is 8. The van der Waals surface area contributed by atoms with E-state index in [4.69, 9.17) is 14.5 Å². The van der Waals surface area contributed by atoms with Crippen LogP contribution in [0.3, 0.4) is 0 Å². The van der Waals surface area contributed by atoms with E-state index in [-0.39, 0.29) is 12.0 Å². The van der Waals surface area contributed by atoms with Gasteiger partial charge in [0.15, 0.2) is 5.65 Å². The van der Waals surface area contributed by atoms with Gasteiger partial charge in [-0.25, -0.2) is 4.98 Å². The molecule has 0 amide bonds. The van der Waals surface area contributed by atoms with E-state index in [0.717, 1.165) is 48.5 Å². The van der Waals surface area contributed by atoms with Gasteiger partial charge in [-0.1, -0.05) is 38.1 Å². The number of benzene rings is 1. The summed E-state index contributed by atoms with van der Waals surface area (Å²) in [6, 6.07) is 13.8. The molecule has 4 heterocycles. The second-order valence-electron chi connectivity index (χ2n) is 8.64. The van der Waals surface area contributed by atoms with Crippen molar-refractivity contribution in [3.63, 3.8) is 0 Å². The maximum absolute atomic E-state index is 6.16. The lowest BCUT2D eigenvalue weighted by Crippen LogP contribution is -2.37. The second kappa shape index (κ2) is 10.0. The third-order valence-corrected chi connectivity index (χ3v) is 5.78. The summed E-state index contributed by atoms with van der Waals surface area (Å²) < 4.78 is 13.9. The molecule has 2 N–H and O–H groups in total. The normalized spacial score (nSPS) is 16.0. The Morgan fingerprint density at radius 2 is 2.03 bits per heavy atom. The van der Waals surface area contributed by atoms with Gasteiger partial charge in [0.05, 0.1) is 6.20 Å². The van der Waals surface area contributed by atoms with Crippen LogP contribution in [0.2, 0.25) is 0 Å². The van der Waals surface area contributed by atoms with Crippen LogP contribution in [0, 0.1) is 0 Å². The molecular weight excluding hydrogens is 430 g/mol. The summed E-state index contributed by atoms with van der Waals surface area (Å²) in [4.78, 5) is 13.6. The van der Waals surface area contributed by atoms with Crippen LogP contribution in [0.15, 0.2) is 54.9 Å². The van der Waals surface area contributed by atoms with Gasteiger partial charge in [0.1, 0.15) is 11.9 Å². The first-order chi connectivity index (χ1) is 16.7. The minimum Gasteiger partial charge on any atom is -0.459 e. The molecule has 0 aliphatic carbocycles. The lowest BCUT2D eigenvalue weighted by molar-refractivity contribution is 0.153. The number of pyridine rings is 1. The van der Waals surface area contributed by atoms with Crippen molar-refractivity contribution in [2.24, 2.45) is 0 Å². The fraction of sp³-hybridized carbons (Fsp3) is 0.360. The van der Waals surface area contributed by atoms with Crippen molar-refractivity contribution in [3.8, 4) is 17.6 Å². The largest absolute Gasteiger partial charge is 0.459 e. The number of nitrogens with zero attached hydrogens (tertiary/aromatic N) is 5. The Morgan fingerprint density at radius 1 is 1.15 bits per heavy atom. The molecule has 1 unspecified atom stereocenters. The molecule has 0 bridgehead atoms. The number of ether oxygens (including phenoxy) is 2. The quantitative estimate of drug-likeness (QED) is 0.405. The van der Waals surface area contributed by atoms with Gasteiger partial charge in [-0.15, -0.1) is 0 Å². The Bertz CT molecular complexity index is 1240. The van der Waals surface area contributed by atoms with Crippen molar-refractivity contribution < 1.29 is 9.47 Å². The van der Waals surface area contributed by atoms with E-state index < -0.39 is 0 Å². The number of anilines is 1. The fourth-order valence-electron chi connectivity index (χ4n) is 3.96. The summed E-state index contributed by atoms with van der Waals surface area (Å²) in [5.74, 6) is 2.12. The minimum absolute atomic E-state index is 0.0574. The van der Waals surface area contributed by atoms with Crippen molar-refractivity contribution in [2.75, 3.05) is 18.4 Å². The molecule has 1 aliphatic rings. The van der Waals surface area contributed by atoms with Crippen LogP contribution < -0.4 is 20.1 Å². The molecule has 1 aromatic carbocycles. The van der Waals surface area contributed by atoms with Gasteiger partial charge in [0.25, 0.3) is 0 Å². The molecule has 0 spiro atoms. The van der Waals surface area contributed by atoms with Crippen LogP contribution in [0.4, 0.5) is 5.95 Å². The van der Waals surface area contributed by atoms with E-state index in [1.54, 1.807) is 10.7 Å². The summed E-state index contributed by atoms with van der Waals surface area (Å²) in [7, 11) is 0. The van der Waals surface area contributed by atoms with Crippen LogP contribution in [-0.4, -0.2) is 43.8 Å². The molecule has 9 nitrogen and oxygen atoms in total. The predicted molar refractivity (Wildman–Crippen MR) is 129 cm³/mol.